The van der Waals surface area contributed by atoms with Crippen LogP contribution in [0.4, 0.5) is 15.8 Å². The van der Waals surface area contributed by atoms with Gasteiger partial charge in [0.15, 0.2) is 0 Å². The van der Waals surface area contributed by atoms with Gasteiger partial charge >= 0.3 is 0 Å². The molecule has 1 aromatic carbocycles. The molecule has 0 unspecified atom stereocenters. The second kappa shape index (κ2) is 9.92. The molecule has 0 radical (unpaired) electrons. The number of nitrogens with one attached hydrogen (secondary N) is 2. The van der Waals surface area contributed by atoms with Crippen molar-refractivity contribution in [3.8, 4) is 6.07 Å². The molecule has 0 bridgehead atoms. The number of carbonyl (C=O) groups is 2. The SMILES string of the molecule is Cc1nn(CCC#N)c(C)c1CCC(=O)Nc1ccc(F)c(NC(=O)c2ccoc2C)c1. The van der Waals surface area contributed by atoms with Crippen molar-refractivity contribution < 1.29 is 18.4 Å². The molecular weight excluding hydrogens is 413 g/mol. The van der Waals surface area contributed by atoms with E-state index in [4.69, 9.17) is 9.68 Å². The summed E-state index contributed by atoms with van der Waals surface area (Å²) in [5.74, 6) is -0.941. The number of halogens is 1. The molecule has 2 aromatic heterocycles. The van der Waals surface area contributed by atoms with E-state index in [0.717, 1.165) is 17.0 Å². The van der Waals surface area contributed by atoms with Crippen molar-refractivity contribution in [1.29, 1.82) is 5.26 Å². The number of aryl methyl sites for hydroxylation is 3. The summed E-state index contributed by atoms with van der Waals surface area (Å²) in [5, 5.41) is 18.4. The molecule has 0 atom stereocenters. The van der Waals surface area contributed by atoms with Crippen LogP contribution in [-0.2, 0) is 17.8 Å². The maximum atomic E-state index is 14.2. The highest BCUT2D eigenvalue weighted by atomic mass is 19.1. The number of aromatic nitrogens is 2. The van der Waals surface area contributed by atoms with E-state index in [1.54, 1.807) is 11.6 Å². The number of carbonyl (C=O) groups excluding carboxylic acids is 2. The molecule has 32 heavy (non-hydrogen) atoms. The quantitative estimate of drug-likeness (QED) is 0.546. The molecule has 2 heterocycles. The Morgan fingerprint density at radius 2 is 2.00 bits per heavy atom. The molecule has 2 amide bonds. The fourth-order valence-electron chi connectivity index (χ4n) is 3.44. The average molecular weight is 437 g/mol. The Balaban J connectivity index is 1.63. The fraction of sp³-hybridized carbons (Fsp3) is 0.304. The first-order valence-electron chi connectivity index (χ1n) is 10.1. The minimum absolute atomic E-state index is 0.0427. The van der Waals surface area contributed by atoms with Crippen molar-refractivity contribution in [2.24, 2.45) is 0 Å². The van der Waals surface area contributed by atoms with Gasteiger partial charge in [-0.25, -0.2) is 4.39 Å². The maximum absolute atomic E-state index is 14.2. The third-order valence-corrected chi connectivity index (χ3v) is 5.17. The van der Waals surface area contributed by atoms with Gasteiger partial charge < -0.3 is 15.1 Å². The van der Waals surface area contributed by atoms with Gasteiger partial charge in [0.2, 0.25) is 5.91 Å². The first kappa shape index (κ1) is 22.7. The van der Waals surface area contributed by atoms with E-state index >= 15 is 0 Å². The summed E-state index contributed by atoms with van der Waals surface area (Å²) in [4.78, 5) is 24.8. The predicted octanol–water partition coefficient (Wildman–Crippen LogP) is 4.28. The molecule has 166 valence electrons. The summed E-state index contributed by atoms with van der Waals surface area (Å²) in [5.41, 5.74) is 3.37. The first-order chi connectivity index (χ1) is 15.3. The molecule has 0 saturated heterocycles. The molecule has 3 aromatic rings. The zero-order valence-corrected chi connectivity index (χ0v) is 18.2. The van der Waals surface area contributed by atoms with E-state index in [2.05, 4.69) is 21.8 Å². The van der Waals surface area contributed by atoms with Crippen LogP contribution in [0.15, 0.2) is 34.9 Å². The van der Waals surface area contributed by atoms with Gasteiger partial charge in [-0.2, -0.15) is 10.4 Å². The van der Waals surface area contributed by atoms with Gasteiger partial charge in [0.05, 0.1) is 42.2 Å². The summed E-state index contributed by atoms with van der Waals surface area (Å²) >= 11 is 0. The number of nitrogens with zero attached hydrogens (tertiary/aromatic N) is 3. The van der Waals surface area contributed by atoms with E-state index in [-0.39, 0.29) is 18.0 Å². The molecule has 2 N–H and O–H groups in total. The standard InChI is InChI=1S/C23H24FN5O3/c1-14-18(15(2)29(28-14)11-4-10-25)6-8-22(30)26-17-5-7-20(24)21(13-17)27-23(31)19-9-12-32-16(19)3/h5,7,9,12-13H,4,6,8,11H2,1-3H3,(H,26,30)(H,27,31). The van der Waals surface area contributed by atoms with Crippen LogP contribution in [0.5, 0.6) is 0 Å². The normalized spacial score (nSPS) is 10.6. The predicted molar refractivity (Wildman–Crippen MR) is 117 cm³/mol. The lowest BCUT2D eigenvalue weighted by Gasteiger charge is -2.10. The van der Waals surface area contributed by atoms with Crippen LogP contribution in [-0.4, -0.2) is 21.6 Å². The summed E-state index contributed by atoms with van der Waals surface area (Å²) in [7, 11) is 0. The summed E-state index contributed by atoms with van der Waals surface area (Å²) in [6.07, 6.45) is 2.44. The molecular formula is C23H24FN5O3. The van der Waals surface area contributed by atoms with Crippen molar-refractivity contribution >= 4 is 23.2 Å². The molecule has 0 aliphatic heterocycles. The summed E-state index contributed by atoms with van der Waals surface area (Å²) in [6.45, 7) is 5.94. The van der Waals surface area contributed by atoms with Crippen molar-refractivity contribution in [3.05, 3.63) is 64.6 Å². The molecule has 0 aliphatic rings. The van der Waals surface area contributed by atoms with Crippen LogP contribution in [0.3, 0.4) is 0 Å². The monoisotopic (exact) mass is 437 g/mol. The van der Waals surface area contributed by atoms with Crippen LogP contribution in [0, 0.1) is 37.9 Å². The number of hydrogen-bond donors (Lipinski definition) is 2. The number of anilines is 2. The highest BCUT2D eigenvalue weighted by Crippen LogP contribution is 2.22. The van der Waals surface area contributed by atoms with E-state index in [1.807, 2.05) is 13.8 Å². The Kier molecular flexibility index (Phi) is 7.05. The smallest absolute Gasteiger partial charge is 0.259 e. The van der Waals surface area contributed by atoms with Gasteiger partial charge in [0, 0.05) is 17.8 Å². The highest BCUT2D eigenvalue weighted by Gasteiger charge is 2.16. The molecule has 9 heteroatoms. The number of nitriles is 1. The van der Waals surface area contributed by atoms with Crippen LogP contribution in [0.1, 0.15) is 45.9 Å². The van der Waals surface area contributed by atoms with Gasteiger partial charge in [-0.1, -0.05) is 0 Å². The number of rotatable bonds is 8. The van der Waals surface area contributed by atoms with Gasteiger partial charge in [-0.05, 0) is 57.0 Å². The van der Waals surface area contributed by atoms with E-state index in [1.165, 1.54) is 30.5 Å². The van der Waals surface area contributed by atoms with E-state index in [9.17, 15) is 14.0 Å². The second-order valence-electron chi connectivity index (χ2n) is 7.37. The molecule has 0 spiro atoms. The van der Waals surface area contributed by atoms with E-state index < -0.39 is 11.7 Å². The van der Waals surface area contributed by atoms with Crippen LogP contribution in [0.25, 0.3) is 0 Å². The van der Waals surface area contributed by atoms with Crippen LogP contribution >= 0.6 is 0 Å². The number of amides is 2. The lowest BCUT2D eigenvalue weighted by molar-refractivity contribution is -0.116. The average Bonchev–Trinajstić information content (AvgIpc) is 3.30. The second-order valence-corrected chi connectivity index (χ2v) is 7.37. The molecule has 0 aliphatic carbocycles. The van der Waals surface area contributed by atoms with Crippen LogP contribution in [0.2, 0.25) is 0 Å². The Labute approximate surface area is 185 Å². The Hall–Kier alpha value is -3.93. The number of furan rings is 1. The number of hydrogen-bond acceptors (Lipinski definition) is 5. The first-order valence-corrected chi connectivity index (χ1v) is 10.1. The van der Waals surface area contributed by atoms with Crippen molar-refractivity contribution in [3.63, 3.8) is 0 Å². The summed E-state index contributed by atoms with van der Waals surface area (Å²) < 4.78 is 21.1. The zero-order chi connectivity index (χ0) is 23.3. The highest BCUT2D eigenvalue weighted by molar-refractivity contribution is 6.05. The van der Waals surface area contributed by atoms with Gasteiger partial charge in [0.25, 0.3) is 5.91 Å². The molecule has 0 fully saturated rings. The zero-order valence-electron chi connectivity index (χ0n) is 18.2. The Morgan fingerprint density at radius 3 is 2.69 bits per heavy atom. The molecule has 3 rings (SSSR count). The van der Waals surface area contributed by atoms with E-state index in [0.29, 0.717) is 36.4 Å². The lowest BCUT2D eigenvalue weighted by Crippen LogP contribution is -2.15. The lowest BCUT2D eigenvalue weighted by atomic mass is 10.1. The third-order valence-electron chi connectivity index (χ3n) is 5.17. The maximum Gasteiger partial charge on any atom is 0.259 e. The Bertz CT molecular complexity index is 1190. The largest absolute Gasteiger partial charge is 0.469 e. The molecule has 8 nitrogen and oxygen atoms in total. The van der Waals surface area contributed by atoms with Crippen LogP contribution < -0.4 is 10.6 Å². The number of benzene rings is 1. The fourth-order valence-corrected chi connectivity index (χ4v) is 3.44. The van der Waals surface area contributed by atoms with Crippen molar-refractivity contribution in [2.75, 3.05) is 10.6 Å². The third kappa shape index (κ3) is 5.21. The van der Waals surface area contributed by atoms with Gasteiger partial charge in [-0.3, -0.25) is 14.3 Å². The van der Waals surface area contributed by atoms with Crippen molar-refractivity contribution in [1.82, 2.24) is 9.78 Å². The minimum Gasteiger partial charge on any atom is -0.469 e. The van der Waals surface area contributed by atoms with Gasteiger partial charge in [-0.15, -0.1) is 0 Å². The van der Waals surface area contributed by atoms with Crippen molar-refractivity contribution in [2.45, 2.75) is 46.6 Å². The Morgan fingerprint density at radius 1 is 1.22 bits per heavy atom. The summed E-state index contributed by atoms with van der Waals surface area (Å²) in [6, 6.07) is 7.59. The minimum atomic E-state index is -0.617. The topological polar surface area (TPSA) is 113 Å². The molecule has 0 saturated carbocycles. The van der Waals surface area contributed by atoms with Gasteiger partial charge in [0.1, 0.15) is 11.6 Å².